The Morgan fingerprint density at radius 3 is 2.60 bits per heavy atom. The maximum atomic E-state index is 5.50. The Balaban J connectivity index is 3.68. The first-order valence-corrected chi connectivity index (χ1v) is 3.74. The average molecular weight is 139 g/mol. The third kappa shape index (κ3) is 3.07. The largest absolute Gasteiger partial charge is 0.380 e. The Bertz CT molecular complexity index is 97.4. The van der Waals surface area contributed by atoms with Gasteiger partial charge in [0, 0.05) is 5.50 Å². The molecule has 1 atom stereocenters. The second-order valence-corrected chi connectivity index (χ2v) is 2.55. The van der Waals surface area contributed by atoms with Crippen molar-refractivity contribution >= 4 is 7.28 Å². The van der Waals surface area contributed by atoms with Crippen molar-refractivity contribution in [3.63, 3.8) is 0 Å². The molecule has 0 aromatic heterocycles. The second kappa shape index (κ2) is 4.56. The highest BCUT2D eigenvalue weighted by Gasteiger charge is 2.19. The van der Waals surface area contributed by atoms with E-state index >= 15 is 0 Å². The van der Waals surface area contributed by atoms with E-state index in [1.807, 2.05) is 6.82 Å². The molecule has 0 bridgehead atoms. The molecule has 57 valence electrons. The van der Waals surface area contributed by atoms with Crippen molar-refractivity contribution in [2.45, 2.75) is 32.6 Å². The van der Waals surface area contributed by atoms with E-state index in [0.29, 0.717) is 6.61 Å². The Morgan fingerprint density at radius 2 is 2.30 bits per heavy atom. The first-order chi connectivity index (χ1) is 4.68. The van der Waals surface area contributed by atoms with Crippen LogP contribution in [-0.2, 0) is 4.74 Å². The van der Waals surface area contributed by atoms with Gasteiger partial charge in [-0.1, -0.05) is 19.8 Å². The molecular formula is C8H16BO. The zero-order valence-electron chi connectivity index (χ0n) is 7.18. The van der Waals surface area contributed by atoms with E-state index in [1.54, 1.807) is 6.08 Å². The molecule has 0 saturated carbocycles. The van der Waals surface area contributed by atoms with Gasteiger partial charge in [-0.05, 0) is 13.3 Å². The summed E-state index contributed by atoms with van der Waals surface area (Å²) in [7, 11) is 2.08. The van der Waals surface area contributed by atoms with Crippen molar-refractivity contribution in [1.82, 2.24) is 0 Å². The molecule has 0 amide bonds. The normalized spacial score (nSPS) is 15.9. The fourth-order valence-electron chi connectivity index (χ4n) is 0.639. The van der Waals surface area contributed by atoms with Crippen molar-refractivity contribution in [3.05, 3.63) is 12.7 Å². The average Bonchev–Trinajstić information content (AvgIpc) is 2.00. The van der Waals surface area contributed by atoms with Gasteiger partial charge in [-0.15, -0.1) is 6.58 Å². The number of hydrogen-bond acceptors (Lipinski definition) is 1. The smallest absolute Gasteiger partial charge is 0.150 e. The highest BCUT2D eigenvalue weighted by Crippen LogP contribution is 2.12. The zero-order chi connectivity index (χ0) is 8.04. The quantitative estimate of drug-likeness (QED) is 0.418. The van der Waals surface area contributed by atoms with Gasteiger partial charge in [0.15, 0.2) is 0 Å². The highest BCUT2D eigenvalue weighted by atomic mass is 16.5. The van der Waals surface area contributed by atoms with Gasteiger partial charge in [-0.2, -0.15) is 0 Å². The van der Waals surface area contributed by atoms with Crippen molar-refractivity contribution in [1.29, 1.82) is 0 Å². The molecule has 2 heteroatoms. The van der Waals surface area contributed by atoms with Gasteiger partial charge in [0.25, 0.3) is 0 Å². The lowest BCUT2D eigenvalue weighted by molar-refractivity contribution is 0.0466. The van der Waals surface area contributed by atoms with Crippen LogP contribution in [0.2, 0.25) is 6.82 Å². The Morgan fingerprint density at radius 1 is 1.70 bits per heavy atom. The lowest BCUT2D eigenvalue weighted by Crippen LogP contribution is -2.33. The monoisotopic (exact) mass is 139 g/mol. The van der Waals surface area contributed by atoms with Gasteiger partial charge in [0.2, 0.25) is 0 Å². The minimum atomic E-state index is -0.0613. The van der Waals surface area contributed by atoms with Crippen molar-refractivity contribution in [3.8, 4) is 0 Å². The standard InChI is InChI=1S/C8H16BO/c1-5-7-10-8(3,6-2)9-4/h5H,1,6-7H2,2-4H3. The summed E-state index contributed by atoms with van der Waals surface area (Å²) in [5.41, 5.74) is -0.0613. The van der Waals surface area contributed by atoms with Gasteiger partial charge < -0.3 is 4.74 Å². The van der Waals surface area contributed by atoms with E-state index < -0.39 is 0 Å². The fraction of sp³-hybridized carbons (Fsp3) is 0.750. The molecule has 1 radical (unpaired) electrons. The van der Waals surface area contributed by atoms with Crippen molar-refractivity contribution in [2.24, 2.45) is 0 Å². The third-order valence-corrected chi connectivity index (χ3v) is 1.84. The predicted octanol–water partition coefficient (Wildman–Crippen LogP) is 2.07. The minimum Gasteiger partial charge on any atom is -0.380 e. The zero-order valence-corrected chi connectivity index (χ0v) is 7.18. The SMILES string of the molecule is C=CCOC(C)([B]C)CC. The van der Waals surface area contributed by atoms with Crippen LogP contribution in [-0.4, -0.2) is 19.4 Å². The van der Waals surface area contributed by atoms with E-state index in [0.717, 1.165) is 6.42 Å². The summed E-state index contributed by atoms with van der Waals surface area (Å²) in [5.74, 6) is 0. The van der Waals surface area contributed by atoms with Crippen LogP contribution in [0.25, 0.3) is 0 Å². The lowest BCUT2D eigenvalue weighted by atomic mass is 9.62. The molecule has 1 nitrogen and oxygen atoms in total. The van der Waals surface area contributed by atoms with Crippen LogP contribution < -0.4 is 0 Å². The van der Waals surface area contributed by atoms with Crippen LogP contribution in [0, 0.1) is 0 Å². The molecule has 0 aromatic rings. The molecular weight excluding hydrogens is 123 g/mol. The van der Waals surface area contributed by atoms with E-state index in [9.17, 15) is 0 Å². The topological polar surface area (TPSA) is 9.23 Å². The lowest BCUT2D eigenvalue weighted by Gasteiger charge is -2.25. The number of hydrogen-bond donors (Lipinski definition) is 0. The van der Waals surface area contributed by atoms with Gasteiger partial charge in [0.05, 0.1) is 6.61 Å². The number of rotatable bonds is 5. The van der Waals surface area contributed by atoms with Crippen LogP contribution in [0.5, 0.6) is 0 Å². The van der Waals surface area contributed by atoms with Gasteiger partial charge in [0.1, 0.15) is 7.28 Å². The first kappa shape index (κ1) is 9.76. The van der Waals surface area contributed by atoms with E-state index in [1.165, 1.54) is 0 Å². The molecule has 0 N–H and O–H groups in total. The molecule has 0 aliphatic rings. The van der Waals surface area contributed by atoms with Crippen molar-refractivity contribution in [2.75, 3.05) is 6.61 Å². The molecule has 0 aromatic carbocycles. The molecule has 0 aliphatic carbocycles. The van der Waals surface area contributed by atoms with E-state index in [4.69, 9.17) is 4.74 Å². The summed E-state index contributed by atoms with van der Waals surface area (Å²) in [6.45, 7) is 10.4. The summed E-state index contributed by atoms with van der Waals surface area (Å²) in [5, 5.41) is 0. The number of ether oxygens (including phenoxy) is 1. The van der Waals surface area contributed by atoms with Crippen LogP contribution in [0.1, 0.15) is 20.3 Å². The van der Waals surface area contributed by atoms with Crippen LogP contribution in [0.4, 0.5) is 0 Å². The molecule has 0 saturated heterocycles. The van der Waals surface area contributed by atoms with E-state index in [2.05, 4.69) is 27.7 Å². The predicted molar refractivity (Wildman–Crippen MR) is 46.5 cm³/mol. The summed E-state index contributed by atoms with van der Waals surface area (Å²) in [4.78, 5) is 0. The van der Waals surface area contributed by atoms with Gasteiger partial charge in [-0.3, -0.25) is 0 Å². The summed E-state index contributed by atoms with van der Waals surface area (Å²) in [6.07, 6.45) is 2.79. The third-order valence-electron chi connectivity index (χ3n) is 1.84. The molecule has 0 fully saturated rings. The second-order valence-electron chi connectivity index (χ2n) is 2.55. The summed E-state index contributed by atoms with van der Waals surface area (Å²) >= 11 is 0. The summed E-state index contributed by atoms with van der Waals surface area (Å²) in [6, 6.07) is 0. The molecule has 0 rings (SSSR count). The van der Waals surface area contributed by atoms with Crippen LogP contribution >= 0.6 is 0 Å². The van der Waals surface area contributed by atoms with Crippen LogP contribution in [0.15, 0.2) is 12.7 Å². The maximum Gasteiger partial charge on any atom is 0.150 e. The fourth-order valence-corrected chi connectivity index (χ4v) is 0.639. The minimum absolute atomic E-state index is 0.0613. The Labute approximate surface area is 64.7 Å². The molecule has 0 aliphatic heterocycles. The van der Waals surface area contributed by atoms with E-state index in [-0.39, 0.29) is 5.50 Å². The van der Waals surface area contributed by atoms with Crippen LogP contribution in [0.3, 0.4) is 0 Å². The highest BCUT2D eigenvalue weighted by molar-refractivity contribution is 6.37. The molecule has 1 unspecified atom stereocenters. The Kier molecular flexibility index (Phi) is 4.45. The Hall–Kier alpha value is -0.235. The molecule has 10 heavy (non-hydrogen) atoms. The molecule has 0 spiro atoms. The summed E-state index contributed by atoms with van der Waals surface area (Å²) < 4.78 is 5.50. The maximum absolute atomic E-state index is 5.50. The van der Waals surface area contributed by atoms with Gasteiger partial charge >= 0.3 is 0 Å². The molecule has 0 heterocycles. The van der Waals surface area contributed by atoms with Gasteiger partial charge in [-0.25, -0.2) is 0 Å². The first-order valence-electron chi connectivity index (χ1n) is 3.74. The van der Waals surface area contributed by atoms with Crippen molar-refractivity contribution < 1.29 is 4.74 Å².